The number of amides is 5. The third-order valence-corrected chi connectivity index (χ3v) is 6.80. The van der Waals surface area contributed by atoms with Crippen molar-refractivity contribution < 1.29 is 28.7 Å². The number of benzene rings is 3. The molecule has 1 heterocycles. The molecule has 3 aromatic carbocycles. The Kier molecular flexibility index (Phi) is 8.99. The summed E-state index contributed by atoms with van der Waals surface area (Å²) in [7, 11) is 0. The summed E-state index contributed by atoms with van der Waals surface area (Å²) < 4.78 is 11.3. The minimum atomic E-state index is -0.921. The van der Waals surface area contributed by atoms with E-state index in [9.17, 15) is 19.2 Å². The van der Waals surface area contributed by atoms with Gasteiger partial charge < -0.3 is 14.8 Å². The molecule has 0 aliphatic carbocycles. The van der Waals surface area contributed by atoms with Crippen molar-refractivity contribution in [2.24, 2.45) is 0 Å². The van der Waals surface area contributed by atoms with E-state index in [1.807, 2.05) is 6.92 Å². The number of halogens is 3. The molecule has 0 unspecified atom stereocenters. The number of nitrogens with one attached hydrogen (secondary N) is 2. The molecule has 1 saturated heterocycles. The van der Waals surface area contributed by atoms with E-state index in [1.54, 1.807) is 43.3 Å². The van der Waals surface area contributed by atoms with Gasteiger partial charge in [0, 0.05) is 10.7 Å². The molecule has 2 N–H and O–H groups in total. The first-order valence-corrected chi connectivity index (χ1v) is 13.0. The van der Waals surface area contributed by atoms with Crippen LogP contribution in [0.4, 0.5) is 16.2 Å². The second kappa shape index (κ2) is 12.4. The van der Waals surface area contributed by atoms with Crippen LogP contribution in [-0.4, -0.2) is 37.0 Å². The molecule has 5 amide bonds. The summed E-state index contributed by atoms with van der Waals surface area (Å²) in [5, 5.41) is 5.75. The van der Waals surface area contributed by atoms with E-state index in [-0.39, 0.29) is 46.0 Å². The highest BCUT2D eigenvalue weighted by atomic mass is 35.5. The lowest BCUT2D eigenvalue weighted by Crippen LogP contribution is -2.54. The Hall–Kier alpha value is -4.05. The van der Waals surface area contributed by atoms with Gasteiger partial charge in [-0.2, -0.15) is 0 Å². The Bertz CT molecular complexity index is 1560. The standard InChI is InChI=1S/C28H22Cl3N3O6/c1-3-39-24-11-16(5-9-23(24)40-14-25(35)32-17-6-4-15(2)21(30)12-17)10-19-26(36)33-28(38)34(27(19)37)18-7-8-20(29)22(31)13-18/h4-13H,3,14H2,1-2H3,(H,32,35)(H,33,36,38)/b19-10-. The quantitative estimate of drug-likeness (QED) is 0.240. The summed E-state index contributed by atoms with van der Waals surface area (Å²) >= 11 is 18.1. The van der Waals surface area contributed by atoms with E-state index in [0.717, 1.165) is 10.5 Å². The number of imide groups is 2. The zero-order valence-electron chi connectivity index (χ0n) is 21.2. The Balaban J connectivity index is 1.53. The molecule has 0 spiro atoms. The molecule has 12 heteroatoms. The van der Waals surface area contributed by atoms with Crippen LogP contribution in [0.2, 0.25) is 15.1 Å². The monoisotopic (exact) mass is 601 g/mol. The van der Waals surface area contributed by atoms with Crippen molar-refractivity contribution in [3.8, 4) is 11.5 Å². The fraction of sp³-hybridized carbons (Fsp3) is 0.143. The van der Waals surface area contributed by atoms with Gasteiger partial charge in [-0.15, -0.1) is 0 Å². The van der Waals surface area contributed by atoms with Crippen molar-refractivity contribution in [1.29, 1.82) is 0 Å². The number of anilines is 2. The zero-order chi connectivity index (χ0) is 29.0. The van der Waals surface area contributed by atoms with Gasteiger partial charge in [-0.05, 0) is 73.5 Å². The molecular weight excluding hydrogens is 581 g/mol. The molecule has 9 nitrogen and oxygen atoms in total. The first kappa shape index (κ1) is 28.9. The number of ether oxygens (including phenoxy) is 2. The normalized spacial score (nSPS) is 14.3. The molecular formula is C28H22Cl3N3O6. The van der Waals surface area contributed by atoms with E-state index >= 15 is 0 Å². The van der Waals surface area contributed by atoms with Crippen molar-refractivity contribution in [3.63, 3.8) is 0 Å². The van der Waals surface area contributed by atoms with E-state index in [2.05, 4.69) is 10.6 Å². The van der Waals surface area contributed by atoms with Crippen LogP contribution < -0.4 is 25.0 Å². The van der Waals surface area contributed by atoms with Crippen molar-refractivity contribution in [2.75, 3.05) is 23.4 Å². The SMILES string of the molecule is CCOc1cc(/C=C2/C(=O)NC(=O)N(c3ccc(Cl)c(Cl)c3)C2=O)ccc1OCC(=O)Nc1ccc(C)c(Cl)c1. The van der Waals surface area contributed by atoms with E-state index in [1.165, 1.54) is 24.3 Å². The molecule has 3 aromatic rings. The molecule has 40 heavy (non-hydrogen) atoms. The van der Waals surface area contributed by atoms with Gasteiger partial charge in [-0.1, -0.05) is 46.9 Å². The molecule has 0 bridgehead atoms. The first-order chi connectivity index (χ1) is 19.1. The summed E-state index contributed by atoms with van der Waals surface area (Å²) in [6, 6.07) is 13.1. The summed E-state index contributed by atoms with van der Waals surface area (Å²) in [6.45, 7) is 3.59. The van der Waals surface area contributed by atoms with Crippen molar-refractivity contribution in [1.82, 2.24) is 5.32 Å². The Labute approximate surface area is 244 Å². The molecule has 1 aliphatic heterocycles. The maximum Gasteiger partial charge on any atom is 0.335 e. The zero-order valence-corrected chi connectivity index (χ0v) is 23.5. The maximum atomic E-state index is 13.2. The average Bonchev–Trinajstić information content (AvgIpc) is 2.90. The van der Waals surface area contributed by atoms with E-state index in [0.29, 0.717) is 16.3 Å². The van der Waals surface area contributed by atoms with Gasteiger partial charge in [-0.25, -0.2) is 9.69 Å². The van der Waals surface area contributed by atoms with Crippen molar-refractivity contribution in [2.45, 2.75) is 13.8 Å². The number of rotatable bonds is 8. The van der Waals surface area contributed by atoms with Gasteiger partial charge in [0.25, 0.3) is 17.7 Å². The molecule has 0 aromatic heterocycles. The second-order valence-electron chi connectivity index (χ2n) is 8.50. The minimum absolute atomic E-state index is 0.135. The third-order valence-electron chi connectivity index (χ3n) is 5.66. The Morgan fingerprint density at radius 2 is 1.70 bits per heavy atom. The van der Waals surface area contributed by atoms with Crippen LogP contribution in [0.5, 0.6) is 11.5 Å². The van der Waals surface area contributed by atoms with Crippen LogP contribution in [-0.2, 0) is 14.4 Å². The van der Waals surface area contributed by atoms with Crippen LogP contribution in [0.15, 0.2) is 60.2 Å². The topological polar surface area (TPSA) is 114 Å². The highest BCUT2D eigenvalue weighted by Crippen LogP contribution is 2.32. The van der Waals surface area contributed by atoms with Gasteiger partial charge in [-0.3, -0.25) is 19.7 Å². The van der Waals surface area contributed by atoms with Crippen LogP contribution in [0.1, 0.15) is 18.1 Å². The molecule has 4 rings (SSSR count). The molecule has 206 valence electrons. The molecule has 0 atom stereocenters. The molecule has 1 aliphatic rings. The lowest BCUT2D eigenvalue weighted by Gasteiger charge is -2.26. The fourth-order valence-electron chi connectivity index (χ4n) is 3.70. The van der Waals surface area contributed by atoms with E-state index < -0.39 is 23.8 Å². The van der Waals surface area contributed by atoms with Crippen LogP contribution in [0.3, 0.4) is 0 Å². The fourth-order valence-corrected chi connectivity index (χ4v) is 4.17. The van der Waals surface area contributed by atoms with E-state index in [4.69, 9.17) is 44.3 Å². The molecule has 1 fully saturated rings. The summed E-state index contributed by atoms with van der Waals surface area (Å²) in [6.07, 6.45) is 1.31. The number of urea groups is 1. The van der Waals surface area contributed by atoms with Crippen molar-refractivity contribution in [3.05, 3.63) is 86.4 Å². The maximum absolute atomic E-state index is 13.2. The summed E-state index contributed by atoms with van der Waals surface area (Å²) in [4.78, 5) is 51.4. The number of nitrogens with zero attached hydrogens (tertiary/aromatic N) is 1. The van der Waals surface area contributed by atoms with Gasteiger partial charge in [0.15, 0.2) is 18.1 Å². The van der Waals surface area contributed by atoms with Crippen LogP contribution >= 0.6 is 34.8 Å². The lowest BCUT2D eigenvalue weighted by atomic mass is 10.1. The number of carbonyl (C=O) groups is 4. The van der Waals surface area contributed by atoms with Gasteiger partial charge >= 0.3 is 6.03 Å². The number of hydrogen-bond donors (Lipinski definition) is 2. The summed E-state index contributed by atoms with van der Waals surface area (Å²) in [5.41, 5.74) is 1.67. The lowest BCUT2D eigenvalue weighted by molar-refractivity contribution is -0.122. The molecule has 0 saturated carbocycles. The average molecular weight is 603 g/mol. The highest BCUT2D eigenvalue weighted by molar-refractivity contribution is 6.43. The number of barbiturate groups is 1. The second-order valence-corrected chi connectivity index (χ2v) is 9.72. The highest BCUT2D eigenvalue weighted by Gasteiger charge is 2.37. The third kappa shape index (κ3) is 6.56. The summed E-state index contributed by atoms with van der Waals surface area (Å²) in [5.74, 6) is -1.57. The molecule has 0 radical (unpaired) electrons. The first-order valence-electron chi connectivity index (χ1n) is 11.9. The predicted octanol–water partition coefficient (Wildman–Crippen LogP) is 6.04. The number of carbonyl (C=O) groups excluding carboxylic acids is 4. The Morgan fingerprint density at radius 3 is 2.40 bits per heavy atom. The Morgan fingerprint density at radius 1 is 0.925 bits per heavy atom. The number of aryl methyl sites for hydroxylation is 1. The van der Waals surface area contributed by atoms with Crippen LogP contribution in [0, 0.1) is 6.92 Å². The van der Waals surface area contributed by atoms with Crippen molar-refractivity contribution >= 4 is 76.0 Å². The van der Waals surface area contributed by atoms with Gasteiger partial charge in [0.05, 0.1) is 22.3 Å². The number of hydrogen-bond acceptors (Lipinski definition) is 6. The largest absolute Gasteiger partial charge is 0.490 e. The predicted molar refractivity (Wildman–Crippen MR) is 153 cm³/mol. The smallest absolute Gasteiger partial charge is 0.335 e. The van der Waals surface area contributed by atoms with Gasteiger partial charge in [0.1, 0.15) is 5.57 Å². The minimum Gasteiger partial charge on any atom is -0.490 e. The van der Waals surface area contributed by atoms with Gasteiger partial charge in [0.2, 0.25) is 0 Å². The van der Waals surface area contributed by atoms with Crippen LogP contribution in [0.25, 0.3) is 6.08 Å².